The smallest absolute Gasteiger partial charge is 0.303 e. The minimum absolute atomic E-state index is 0.152. The van der Waals surface area contributed by atoms with Crippen LogP contribution in [0.2, 0.25) is 0 Å². The molecule has 11 nitrogen and oxygen atoms in total. The van der Waals surface area contributed by atoms with E-state index in [9.17, 15) is 19.2 Å². The average Bonchev–Trinajstić information content (AvgIpc) is 3.21. The van der Waals surface area contributed by atoms with Crippen molar-refractivity contribution in [2.24, 2.45) is 0 Å². The first-order chi connectivity index (χ1) is 13.9. The highest BCUT2D eigenvalue weighted by Crippen LogP contribution is 2.36. The predicted molar refractivity (Wildman–Crippen MR) is 98.9 cm³/mol. The molecular weight excluding hydrogens is 402 g/mol. The van der Waals surface area contributed by atoms with Crippen molar-refractivity contribution in [1.29, 1.82) is 0 Å². The topological polar surface area (TPSA) is 139 Å². The van der Waals surface area contributed by atoms with Gasteiger partial charge in [-0.1, -0.05) is 0 Å². The highest BCUT2D eigenvalue weighted by Gasteiger charge is 2.53. The second-order valence-electron chi connectivity index (χ2n) is 7.76. The van der Waals surface area contributed by atoms with E-state index in [1.54, 1.807) is 0 Å². The summed E-state index contributed by atoms with van der Waals surface area (Å²) >= 11 is 0. The third-order valence-electron chi connectivity index (χ3n) is 4.65. The molecule has 0 radical (unpaired) electrons. The lowest BCUT2D eigenvalue weighted by atomic mass is 9.96. The molecule has 0 bridgehead atoms. The summed E-state index contributed by atoms with van der Waals surface area (Å²) in [4.78, 5) is 46.5. The van der Waals surface area contributed by atoms with E-state index in [1.807, 2.05) is 13.8 Å². The molecule has 0 saturated carbocycles. The molecule has 2 saturated heterocycles. The maximum Gasteiger partial charge on any atom is 0.303 e. The standard InChI is InChI=1S/C19H29NO10/c1-9(21)20-15-17(28-12(4)24)16(27-11(3)23)13(7-25-10(2)22)29-18(15)26-8-14-19(5,6)30-14/h13-18H,7-8H2,1-6H3,(H,20,21)/t13-,14+,15-,16-,17-,18-/m1/s1. The second-order valence-corrected chi connectivity index (χ2v) is 7.76. The highest BCUT2D eigenvalue weighted by molar-refractivity contribution is 5.73. The van der Waals surface area contributed by atoms with Gasteiger partial charge >= 0.3 is 17.9 Å². The molecule has 6 atom stereocenters. The van der Waals surface area contributed by atoms with Gasteiger partial charge in [0.25, 0.3) is 0 Å². The van der Waals surface area contributed by atoms with Crippen LogP contribution in [0.15, 0.2) is 0 Å². The minimum Gasteiger partial charge on any atom is -0.463 e. The molecule has 1 amide bonds. The molecular formula is C19H29NO10. The number of ether oxygens (including phenoxy) is 6. The molecule has 0 spiro atoms. The van der Waals surface area contributed by atoms with Gasteiger partial charge in [-0.05, 0) is 13.8 Å². The quantitative estimate of drug-likeness (QED) is 0.313. The number of hydrogen-bond acceptors (Lipinski definition) is 10. The van der Waals surface area contributed by atoms with E-state index in [4.69, 9.17) is 28.4 Å². The fraction of sp³-hybridized carbons (Fsp3) is 0.789. The molecule has 2 aliphatic rings. The molecule has 11 heteroatoms. The number of nitrogens with one attached hydrogen (secondary N) is 1. The number of amides is 1. The number of rotatable bonds is 8. The van der Waals surface area contributed by atoms with Gasteiger partial charge in [0.1, 0.15) is 24.9 Å². The molecule has 2 rings (SSSR count). The van der Waals surface area contributed by atoms with Crippen LogP contribution in [-0.4, -0.2) is 79.4 Å². The van der Waals surface area contributed by atoms with Gasteiger partial charge in [-0.3, -0.25) is 19.2 Å². The summed E-state index contributed by atoms with van der Waals surface area (Å²) in [6, 6.07) is -0.980. The Bertz CT molecular complexity index is 678. The van der Waals surface area contributed by atoms with Gasteiger partial charge in [0.15, 0.2) is 18.5 Å². The van der Waals surface area contributed by atoms with Crippen molar-refractivity contribution in [2.45, 2.75) is 83.9 Å². The van der Waals surface area contributed by atoms with Crippen LogP contribution in [0, 0.1) is 0 Å². The van der Waals surface area contributed by atoms with Crippen molar-refractivity contribution in [3.8, 4) is 0 Å². The van der Waals surface area contributed by atoms with E-state index >= 15 is 0 Å². The van der Waals surface area contributed by atoms with Gasteiger partial charge in [-0.25, -0.2) is 0 Å². The fourth-order valence-electron chi connectivity index (χ4n) is 3.18. The maximum absolute atomic E-state index is 11.8. The number of carbonyl (C=O) groups excluding carboxylic acids is 4. The summed E-state index contributed by atoms with van der Waals surface area (Å²) in [5.41, 5.74) is -0.342. The van der Waals surface area contributed by atoms with Crippen LogP contribution in [0.1, 0.15) is 41.5 Å². The molecule has 0 aromatic carbocycles. The molecule has 2 aliphatic heterocycles. The third-order valence-corrected chi connectivity index (χ3v) is 4.65. The predicted octanol–water partition coefficient (Wildman–Crippen LogP) is -0.163. The Morgan fingerprint density at radius 3 is 1.93 bits per heavy atom. The molecule has 1 N–H and O–H groups in total. The van der Waals surface area contributed by atoms with Crippen LogP contribution >= 0.6 is 0 Å². The van der Waals surface area contributed by atoms with E-state index in [0.717, 1.165) is 0 Å². The first-order valence-corrected chi connectivity index (χ1v) is 9.60. The van der Waals surface area contributed by atoms with Crippen molar-refractivity contribution in [1.82, 2.24) is 5.32 Å². The van der Waals surface area contributed by atoms with Crippen LogP contribution in [0.5, 0.6) is 0 Å². The number of hydrogen-bond donors (Lipinski definition) is 1. The Hall–Kier alpha value is -2.24. The van der Waals surface area contributed by atoms with E-state index in [0.29, 0.717) is 0 Å². The molecule has 0 aliphatic carbocycles. The van der Waals surface area contributed by atoms with E-state index in [-0.39, 0.29) is 24.9 Å². The normalized spacial score (nSPS) is 31.9. The Morgan fingerprint density at radius 2 is 1.47 bits per heavy atom. The fourth-order valence-corrected chi connectivity index (χ4v) is 3.18. The monoisotopic (exact) mass is 431 g/mol. The van der Waals surface area contributed by atoms with Crippen molar-refractivity contribution in [3.05, 3.63) is 0 Å². The summed E-state index contributed by atoms with van der Waals surface area (Å²) in [6.07, 6.45) is -4.53. The maximum atomic E-state index is 11.8. The summed E-state index contributed by atoms with van der Waals surface area (Å²) in [6.45, 7) is 8.53. The average molecular weight is 431 g/mol. The van der Waals surface area contributed by atoms with Gasteiger partial charge < -0.3 is 33.7 Å². The number of epoxide rings is 1. The second kappa shape index (κ2) is 9.71. The summed E-state index contributed by atoms with van der Waals surface area (Å²) in [5, 5.41) is 2.63. The number of carbonyl (C=O) groups is 4. The zero-order chi connectivity index (χ0) is 22.6. The first-order valence-electron chi connectivity index (χ1n) is 9.60. The van der Waals surface area contributed by atoms with Crippen LogP contribution in [-0.2, 0) is 47.6 Å². The van der Waals surface area contributed by atoms with E-state index in [2.05, 4.69) is 5.32 Å². The van der Waals surface area contributed by atoms with Crippen LogP contribution in [0.4, 0.5) is 0 Å². The first kappa shape index (κ1) is 24.0. The molecule has 0 aromatic rings. The van der Waals surface area contributed by atoms with Crippen LogP contribution in [0.3, 0.4) is 0 Å². The van der Waals surface area contributed by atoms with Gasteiger partial charge in [-0.15, -0.1) is 0 Å². The third kappa shape index (κ3) is 6.64. The molecule has 2 fully saturated rings. The van der Waals surface area contributed by atoms with Crippen molar-refractivity contribution in [2.75, 3.05) is 13.2 Å². The SMILES string of the molecule is CC(=O)N[C@H]1[C@H](OC[C@@H]2OC2(C)C)O[C@H](COC(C)=O)[C@@H](OC(C)=O)[C@@H]1OC(C)=O. The van der Waals surface area contributed by atoms with Gasteiger partial charge in [0, 0.05) is 27.7 Å². The molecule has 30 heavy (non-hydrogen) atoms. The Balaban J connectivity index is 2.30. The highest BCUT2D eigenvalue weighted by atomic mass is 16.7. The van der Waals surface area contributed by atoms with Crippen molar-refractivity contribution < 1.29 is 47.6 Å². The van der Waals surface area contributed by atoms with Crippen molar-refractivity contribution in [3.63, 3.8) is 0 Å². The minimum atomic E-state index is -1.14. The zero-order valence-corrected chi connectivity index (χ0v) is 18.0. The lowest BCUT2D eigenvalue weighted by molar-refractivity contribution is -0.278. The van der Waals surface area contributed by atoms with E-state index in [1.165, 1.54) is 27.7 Å². The van der Waals surface area contributed by atoms with Crippen molar-refractivity contribution >= 4 is 23.8 Å². The number of esters is 3. The largest absolute Gasteiger partial charge is 0.463 e. The molecule has 2 heterocycles. The Morgan fingerprint density at radius 1 is 0.900 bits per heavy atom. The summed E-state index contributed by atoms with van der Waals surface area (Å²) < 4.78 is 32.9. The van der Waals surface area contributed by atoms with Gasteiger partial charge in [-0.2, -0.15) is 0 Å². The Labute approximate surface area is 174 Å². The van der Waals surface area contributed by atoms with Gasteiger partial charge in [0.2, 0.25) is 5.91 Å². The summed E-state index contributed by atoms with van der Waals surface area (Å²) in [7, 11) is 0. The molecule has 170 valence electrons. The lowest BCUT2D eigenvalue weighted by Gasteiger charge is -2.44. The molecule has 0 unspecified atom stereocenters. The summed E-state index contributed by atoms with van der Waals surface area (Å²) in [5.74, 6) is -2.33. The Kier molecular flexibility index (Phi) is 7.78. The van der Waals surface area contributed by atoms with Gasteiger partial charge in [0.05, 0.1) is 12.2 Å². The van der Waals surface area contributed by atoms with E-state index < -0.39 is 54.5 Å². The molecule has 0 aromatic heterocycles. The van der Waals surface area contributed by atoms with Crippen LogP contribution < -0.4 is 5.32 Å². The lowest BCUT2D eigenvalue weighted by Crippen LogP contribution is -2.66. The van der Waals surface area contributed by atoms with Crippen LogP contribution in [0.25, 0.3) is 0 Å². The zero-order valence-electron chi connectivity index (χ0n) is 18.0.